The van der Waals surface area contributed by atoms with Crippen LogP contribution in [0.15, 0.2) is 12.2 Å². The number of carbonyl (C=O) groups is 1. The SMILES string of the molecule is C=C(C)C(=O)OCCCN(O)CCCCCCCCCCCCCCCCCC(C)C. The summed E-state index contributed by atoms with van der Waals surface area (Å²) in [5, 5.41) is 11.2. The van der Waals surface area contributed by atoms with Crippen molar-refractivity contribution in [1.82, 2.24) is 5.06 Å². The summed E-state index contributed by atoms with van der Waals surface area (Å²) in [5.74, 6) is 0.515. The van der Waals surface area contributed by atoms with Gasteiger partial charge in [0.1, 0.15) is 0 Å². The van der Waals surface area contributed by atoms with E-state index in [1.165, 1.54) is 101 Å². The van der Waals surface area contributed by atoms with Crippen LogP contribution in [-0.4, -0.2) is 35.9 Å². The molecule has 0 amide bonds. The first-order chi connectivity index (χ1) is 14.9. The van der Waals surface area contributed by atoms with E-state index >= 15 is 0 Å². The molecule has 184 valence electrons. The number of nitrogens with zero attached hydrogens (tertiary/aromatic N) is 1. The molecule has 0 saturated heterocycles. The van der Waals surface area contributed by atoms with E-state index < -0.39 is 0 Å². The summed E-state index contributed by atoms with van der Waals surface area (Å²) < 4.78 is 5.02. The maximum absolute atomic E-state index is 11.2. The lowest BCUT2D eigenvalue weighted by molar-refractivity contribution is -0.140. The lowest BCUT2D eigenvalue weighted by atomic mass is 10.0. The first-order valence-corrected chi connectivity index (χ1v) is 13.2. The third-order valence-corrected chi connectivity index (χ3v) is 5.84. The molecule has 31 heavy (non-hydrogen) atoms. The number of hydroxylamine groups is 2. The molecule has 4 nitrogen and oxygen atoms in total. The summed E-state index contributed by atoms with van der Waals surface area (Å²) in [6.45, 7) is 11.4. The van der Waals surface area contributed by atoms with E-state index in [0.717, 1.165) is 12.3 Å². The fourth-order valence-corrected chi connectivity index (χ4v) is 3.79. The number of hydrogen-bond donors (Lipinski definition) is 1. The van der Waals surface area contributed by atoms with Crippen molar-refractivity contribution in [3.63, 3.8) is 0 Å². The normalized spacial score (nSPS) is 11.4. The van der Waals surface area contributed by atoms with Gasteiger partial charge in [0.05, 0.1) is 6.61 Å². The van der Waals surface area contributed by atoms with Gasteiger partial charge in [0.25, 0.3) is 0 Å². The highest BCUT2D eigenvalue weighted by atomic mass is 16.5. The topological polar surface area (TPSA) is 49.8 Å². The molecular weight excluding hydrogens is 386 g/mol. The molecule has 0 saturated carbocycles. The highest BCUT2D eigenvalue weighted by molar-refractivity contribution is 5.86. The second-order valence-electron chi connectivity index (χ2n) is 9.71. The van der Waals surface area contributed by atoms with Crippen molar-refractivity contribution in [2.45, 2.75) is 130 Å². The summed E-state index contributed by atoms with van der Waals surface area (Å²) in [6, 6.07) is 0. The van der Waals surface area contributed by atoms with Crippen LogP contribution in [0.25, 0.3) is 0 Å². The van der Waals surface area contributed by atoms with E-state index in [1.54, 1.807) is 6.92 Å². The van der Waals surface area contributed by atoms with Crippen LogP contribution in [0.2, 0.25) is 0 Å². The van der Waals surface area contributed by atoms with Crippen molar-refractivity contribution >= 4 is 5.97 Å². The maximum Gasteiger partial charge on any atom is 0.333 e. The molecule has 0 heterocycles. The van der Waals surface area contributed by atoms with Crippen molar-refractivity contribution in [2.75, 3.05) is 19.7 Å². The number of ether oxygens (including phenoxy) is 1. The van der Waals surface area contributed by atoms with E-state index in [0.29, 0.717) is 31.7 Å². The van der Waals surface area contributed by atoms with E-state index in [4.69, 9.17) is 4.74 Å². The third-order valence-electron chi connectivity index (χ3n) is 5.84. The first kappa shape index (κ1) is 30.1. The smallest absolute Gasteiger partial charge is 0.333 e. The van der Waals surface area contributed by atoms with Gasteiger partial charge < -0.3 is 9.94 Å². The van der Waals surface area contributed by atoms with E-state index in [2.05, 4.69) is 20.4 Å². The highest BCUT2D eigenvalue weighted by Gasteiger charge is 2.04. The quantitative estimate of drug-likeness (QED) is 0.0756. The minimum atomic E-state index is -0.354. The Kier molecular flexibility index (Phi) is 21.7. The van der Waals surface area contributed by atoms with Crippen LogP contribution >= 0.6 is 0 Å². The first-order valence-electron chi connectivity index (χ1n) is 13.2. The van der Waals surface area contributed by atoms with Crippen LogP contribution in [-0.2, 0) is 9.53 Å². The fourth-order valence-electron chi connectivity index (χ4n) is 3.79. The van der Waals surface area contributed by atoms with Gasteiger partial charge in [-0.25, -0.2) is 4.79 Å². The minimum absolute atomic E-state index is 0.335. The van der Waals surface area contributed by atoms with Gasteiger partial charge in [-0.05, 0) is 25.7 Å². The van der Waals surface area contributed by atoms with Crippen molar-refractivity contribution < 1.29 is 14.7 Å². The second kappa shape index (κ2) is 22.3. The minimum Gasteiger partial charge on any atom is -0.462 e. The summed E-state index contributed by atoms with van der Waals surface area (Å²) >= 11 is 0. The molecule has 0 aromatic rings. The molecule has 0 spiro atoms. The molecule has 1 N–H and O–H groups in total. The molecule has 0 aliphatic carbocycles. The van der Waals surface area contributed by atoms with Crippen LogP contribution in [0.1, 0.15) is 130 Å². The molecule has 0 aliphatic heterocycles. The number of rotatable bonds is 23. The van der Waals surface area contributed by atoms with Gasteiger partial charge in [-0.3, -0.25) is 0 Å². The molecule has 0 unspecified atom stereocenters. The van der Waals surface area contributed by atoms with E-state index in [1.807, 2.05) is 0 Å². The van der Waals surface area contributed by atoms with Crippen molar-refractivity contribution in [1.29, 1.82) is 0 Å². The molecule has 0 aliphatic rings. The largest absolute Gasteiger partial charge is 0.462 e. The number of unbranched alkanes of at least 4 members (excludes halogenated alkanes) is 14. The molecular formula is C27H53NO3. The predicted molar refractivity (Wildman–Crippen MR) is 132 cm³/mol. The second-order valence-corrected chi connectivity index (χ2v) is 9.71. The Bertz CT molecular complexity index is 423. The molecule has 0 atom stereocenters. The zero-order chi connectivity index (χ0) is 23.2. The van der Waals surface area contributed by atoms with Gasteiger partial charge in [-0.1, -0.05) is 117 Å². The van der Waals surface area contributed by atoms with Crippen LogP contribution in [0.3, 0.4) is 0 Å². The van der Waals surface area contributed by atoms with Crippen molar-refractivity contribution in [3.8, 4) is 0 Å². The zero-order valence-corrected chi connectivity index (χ0v) is 21.1. The molecule has 0 radical (unpaired) electrons. The predicted octanol–water partition coefficient (Wildman–Crippen LogP) is 8.08. The van der Waals surface area contributed by atoms with Gasteiger partial charge in [-0.15, -0.1) is 0 Å². The molecule has 0 aromatic carbocycles. The number of esters is 1. The van der Waals surface area contributed by atoms with Gasteiger partial charge in [0.15, 0.2) is 0 Å². The maximum atomic E-state index is 11.2. The Morgan fingerprint density at radius 3 is 1.55 bits per heavy atom. The van der Waals surface area contributed by atoms with Crippen molar-refractivity contribution in [3.05, 3.63) is 12.2 Å². The Labute approximate surface area is 193 Å². The Morgan fingerprint density at radius 2 is 1.13 bits per heavy atom. The van der Waals surface area contributed by atoms with Gasteiger partial charge >= 0.3 is 5.97 Å². The highest BCUT2D eigenvalue weighted by Crippen LogP contribution is 2.15. The van der Waals surface area contributed by atoms with Gasteiger partial charge in [0, 0.05) is 18.7 Å². The fraction of sp³-hybridized carbons (Fsp3) is 0.889. The molecule has 0 aromatic heterocycles. The molecule has 0 rings (SSSR count). The summed E-state index contributed by atoms with van der Waals surface area (Å²) in [5.41, 5.74) is 0.416. The average Bonchev–Trinajstić information content (AvgIpc) is 2.72. The Balaban J connectivity index is 3.19. The van der Waals surface area contributed by atoms with Gasteiger partial charge in [0.2, 0.25) is 0 Å². The Morgan fingerprint density at radius 1 is 0.742 bits per heavy atom. The van der Waals surface area contributed by atoms with Crippen LogP contribution in [0, 0.1) is 5.92 Å². The number of carbonyl (C=O) groups excluding carboxylic acids is 1. The van der Waals surface area contributed by atoms with E-state index in [-0.39, 0.29) is 5.97 Å². The summed E-state index contributed by atoms with van der Waals surface area (Å²) in [7, 11) is 0. The van der Waals surface area contributed by atoms with Crippen LogP contribution in [0.5, 0.6) is 0 Å². The monoisotopic (exact) mass is 439 g/mol. The van der Waals surface area contributed by atoms with Gasteiger partial charge in [-0.2, -0.15) is 5.06 Å². The number of hydrogen-bond acceptors (Lipinski definition) is 4. The average molecular weight is 440 g/mol. The molecule has 4 heteroatoms. The van der Waals surface area contributed by atoms with Crippen molar-refractivity contribution in [2.24, 2.45) is 5.92 Å². The molecule has 0 fully saturated rings. The standard InChI is InChI=1S/C27H53NO3/c1-25(2)21-18-16-14-12-10-8-6-5-7-9-11-13-15-17-19-22-28(30)23-20-24-31-27(29)26(3)4/h25,30H,3,5-24H2,1-2,4H3. The van der Waals surface area contributed by atoms with Crippen LogP contribution < -0.4 is 0 Å². The van der Waals surface area contributed by atoms with Crippen LogP contribution in [0.4, 0.5) is 0 Å². The summed E-state index contributed by atoms with van der Waals surface area (Å²) in [6.07, 6.45) is 22.4. The lowest BCUT2D eigenvalue weighted by Gasteiger charge is -2.14. The summed E-state index contributed by atoms with van der Waals surface area (Å²) in [4.78, 5) is 11.2. The third kappa shape index (κ3) is 23.6. The Hall–Kier alpha value is -0.870. The van der Waals surface area contributed by atoms with E-state index in [9.17, 15) is 10.0 Å². The lowest BCUT2D eigenvalue weighted by Crippen LogP contribution is -2.23. The zero-order valence-electron chi connectivity index (χ0n) is 21.1. The molecule has 0 bridgehead atoms.